The minimum Gasteiger partial charge on any atom is -0.293 e. The van der Waals surface area contributed by atoms with Gasteiger partial charge < -0.3 is 0 Å². The number of benzene rings is 4. The zero-order chi connectivity index (χ0) is 25.6. The lowest BCUT2D eigenvalue weighted by atomic mass is 9.57. The van der Waals surface area contributed by atoms with Crippen LogP contribution in [0.25, 0.3) is 10.8 Å². The van der Waals surface area contributed by atoms with E-state index in [1.54, 1.807) is 35.7 Å². The summed E-state index contributed by atoms with van der Waals surface area (Å²) in [6.07, 6.45) is 0. The molecule has 0 N–H and O–H groups in total. The molecule has 3 aliphatic heterocycles. The minimum atomic E-state index is -1.55. The van der Waals surface area contributed by atoms with Crippen molar-refractivity contribution in [1.29, 1.82) is 0 Å². The SMILES string of the molecule is O=C1c2ccccc2C(=O)C12N1CSC[C@@H]1[C@@H](c1cccc3ccccc13)[C@@]21CSc2ccccc2C1=O. The predicted octanol–water partition coefficient (Wildman–Crippen LogP) is 6.10. The second kappa shape index (κ2) is 7.92. The summed E-state index contributed by atoms with van der Waals surface area (Å²) in [7, 11) is 0. The largest absolute Gasteiger partial charge is 0.293 e. The van der Waals surface area contributed by atoms with Gasteiger partial charge in [0.1, 0.15) is 0 Å². The molecule has 0 aromatic heterocycles. The highest BCUT2D eigenvalue weighted by atomic mass is 32.2. The van der Waals surface area contributed by atoms with Gasteiger partial charge in [-0.15, -0.1) is 23.5 Å². The van der Waals surface area contributed by atoms with Crippen LogP contribution in [0.15, 0.2) is 95.9 Å². The maximum absolute atomic E-state index is 15.0. The Kier molecular flexibility index (Phi) is 4.74. The lowest BCUT2D eigenvalue weighted by Gasteiger charge is -2.47. The number of thioether (sulfide) groups is 2. The van der Waals surface area contributed by atoms with Crippen molar-refractivity contribution < 1.29 is 14.4 Å². The quantitative estimate of drug-likeness (QED) is 0.276. The smallest absolute Gasteiger partial charge is 0.192 e. The molecule has 4 aromatic carbocycles. The van der Waals surface area contributed by atoms with Gasteiger partial charge in [-0.05, 0) is 22.4 Å². The highest BCUT2D eigenvalue weighted by Crippen LogP contribution is 2.67. The lowest BCUT2D eigenvalue weighted by molar-refractivity contribution is 0.0341. The molecule has 8 rings (SSSR count). The molecule has 0 radical (unpaired) electrons. The van der Waals surface area contributed by atoms with E-state index >= 15 is 4.79 Å². The van der Waals surface area contributed by atoms with E-state index in [9.17, 15) is 9.59 Å². The van der Waals surface area contributed by atoms with Crippen LogP contribution in [-0.4, -0.2) is 51.2 Å². The molecular formula is C32H23NO3S2. The van der Waals surface area contributed by atoms with E-state index in [1.165, 1.54) is 0 Å². The van der Waals surface area contributed by atoms with Gasteiger partial charge in [-0.3, -0.25) is 19.3 Å². The second-order valence-corrected chi connectivity index (χ2v) is 12.6. The van der Waals surface area contributed by atoms with Crippen LogP contribution < -0.4 is 0 Å². The van der Waals surface area contributed by atoms with Crippen molar-refractivity contribution >= 4 is 51.6 Å². The van der Waals surface area contributed by atoms with E-state index in [1.807, 2.05) is 54.6 Å². The predicted molar refractivity (Wildman–Crippen MR) is 151 cm³/mol. The van der Waals surface area contributed by atoms with E-state index in [0.29, 0.717) is 28.3 Å². The van der Waals surface area contributed by atoms with Gasteiger partial charge in [-0.2, -0.15) is 0 Å². The fourth-order valence-corrected chi connectivity index (χ4v) is 10.4. The van der Waals surface area contributed by atoms with E-state index in [4.69, 9.17) is 0 Å². The first-order chi connectivity index (χ1) is 18.6. The summed E-state index contributed by atoms with van der Waals surface area (Å²) in [5.41, 5.74) is -0.203. The molecule has 1 aliphatic carbocycles. The molecule has 2 spiro atoms. The van der Waals surface area contributed by atoms with Gasteiger partial charge in [-0.1, -0.05) is 84.9 Å². The maximum Gasteiger partial charge on any atom is 0.192 e. The van der Waals surface area contributed by atoms with Crippen LogP contribution in [0.2, 0.25) is 0 Å². The van der Waals surface area contributed by atoms with Crippen molar-refractivity contribution in [3.05, 3.63) is 113 Å². The van der Waals surface area contributed by atoms with Crippen LogP contribution in [-0.2, 0) is 0 Å². The average Bonchev–Trinajstić information content (AvgIpc) is 3.59. The van der Waals surface area contributed by atoms with Crippen molar-refractivity contribution in [2.45, 2.75) is 22.4 Å². The number of carbonyl (C=O) groups excluding carboxylic acids is 3. The van der Waals surface area contributed by atoms with Gasteiger partial charge in [0.2, 0.25) is 0 Å². The van der Waals surface area contributed by atoms with Crippen LogP contribution >= 0.6 is 23.5 Å². The Bertz CT molecular complexity index is 1670. The van der Waals surface area contributed by atoms with Crippen molar-refractivity contribution in [3.8, 4) is 0 Å². The first kappa shape index (κ1) is 22.8. The molecule has 6 heteroatoms. The van der Waals surface area contributed by atoms with Gasteiger partial charge >= 0.3 is 0 Å². The third-order valence-corrected chi connectivity index (χ3v) is 11.4. The van der Waals surface area contributed by atoms with Gasteiger partial charge in [0.15, 0.2) is 22.9 Å². The minimum absolute atomic E-state index is 0.0707. The summed E-state index contributed by atoms with van der Waals surface area (Å²) < 4.78 is 0. The molecule has 3 atom stereocenters. The van der Waals surface area contributed by atoms with Crippen molar-refractivity contribution in [2.24, 2.45) is 5.41 Å². The van der Waals surface area contributed by atoms with Crippen LogP contribution in [0.3, 0.4) is 0 Å². The lowest BCUT2D eigenvalue weighted by Crippen LogP contribution is -2.66. The summed E-state index contributed by atoms with van der Waals surface area (Å²) >= 11 is 3.37. The first-order valence-electron chi connectivity index (χ1n) is 12.9. The van der Waals surface area contributed by atoms with Gasteiger partial charge in [0.05, 0.1) is 5.41 Å². The van der Waals surface area contributed by atoms with Crippen LogP contribution in [0.1, 0.15) is 42.6 Å². The molecule has 2 fully saturated rings. The zero-order valence-corrected chi connectivity index (χ0v) is 22.1. The molecule has 38 heavy (non-hydrogen) atoms. The number of carbonyl (C=O) groups is 3. The second-order valence-electron chi connectivity index (χ2n) is 10.6. The normalized spacial score (nSPS) is 27.3. The number of Topliss-reactive ketones (excluding diaryl/α,β-unsaturated/α-hetero) is 3. The van der Waals surface area contributed by atoms with Gasteiger partial charge in [0, 0.05) is 50.9 Å². The molecule has 0 unspecified atom stereocenters. The number of rotatable bonds is 1. The average molecular weight is 534 g/mol. The van der Waals surface area contributed by atoms with Crippen molar-refractivity contribution in [3.63, 3.8) is 0 Å². The molecule has 0 saturated carbocycles. The topological polar surface area (TPSA) is 54.5 Å². The summed E-state index contributed by atoms with van der Waals surface area (Å²) in [5.74, 6) is 0.924. The molecule has 0 bridgehead atoms. The zero-order valence-electron chi connectivity index (χ0n) is 20.4. The van der Waals surface area contributed by atoms with E-state index in [-0.39, 0.29) is 29.3 Å². The van der Waals surface area contributed by atoms with E-state index in [2.05, 4.69) is 29.2 Å². The molecule has 2 saturated heterocycles. The molecular weight excluding hydrogens is 510 g/mol. The Morgan fingerprint density at radius 2 is 1.37 bits per heavy atom. The highest BCUT2D eigenvalue weighted by Gasteiger charge is 2.80. The number of fused-ring (bicyclic) bond motifs is 6. The number of ketones is 3. The number of hydrogen-bond donors (Lipinski definition) is 0. The summed E-state index contributed by atoms with van der Waals surface area (Å²) in [4.78, 5) is 47.5. The molecule has 3 heterocycles. The standard InChI is InChI=1S/C32H23NO3S2/c34-28-24-13-5-6-15-26(24)38-17-31(28)27(21-14-7-9-19-8-1-2-10-20(19)21)25-16-37-18-33(25)32(31)29(35)22-11-3-4-12-23(22)30(32)36/h1-15,25,27H,16-18H2/t25-,27-,31-/m1/s1. The van der Waals surface area contributed by atoms with Gasteiger partial charge in [-0.25, -0.2) is 0 Å². The van der Waals surface area contributed by atoms with Crippen LogP contribution in [0.5, 0.6) is 0 Å². The van der Waals surface area contributed by atoms with E-state index in [0.717, 1.165) is 27.0 Å². The molecule has 186 valence electrons. The maximum atomic E-state index is 15.0. The van der Waals surface area contributed by atoms with Gasteiger partial charge in [0.25, 0.3) is 0 Å². The fourth-order valence-electron chi connectivity index (χ4n) is 7.70. The Morgan fingerprint density at radius 1 is 0.711 bits per heavy atom. The van der Waals surface area contributed by atoms with Crippen LogP contribution in [0.4, 0.5) is 0 Å². The first-order valence-corrected chi connectivity index (χ1v) is 15.0. The van der Waals surface area contributed by atoms with Crippen molar-refractivity contribution in [2.75, 3.05) is 17.4 Å². The Labute approximate surface area is 228 Å². The number of hydrogen-bond acceptors (Lipinski definition) is 6. The van der Waals surface area contributed by atoms with Crippen LogP contribution in [0, 0.1) is 5.41 Å². The van der Waals surface area contributed by atoms with E-state index < -0.39 is 11.0 Å². The Hall–Kier alpha value is -3.19. The molecule has 4 aromatic rings. The number of nitrogens with zero attached hydrogens (tertiary/aromatic N) is 1. The molecule has 4 aliphatic rings. The molecule has 0 amide bonds. The van der Waals surface area contributed by atoms with Crippen molar-refractivity contribution in [1.82, 2.24) is 4.90 Å². The third-order valence-electron chi connectivity index (χ3n) is 9.14. The highest BCUT2D eigenvalue weighted by molar-refractivity contribution is 7.99. The monoisotopic (exact) mass is 533 g/mol. The fraction of sp³-hybridized carbons (Fsp3) is 0.219. The summed E-state index contributed by atoms with van der Waals surface area (Å²) in [6.45, 7) is 0. The molecule has 4 nitrogen and oxygen atoms in total. The summed E-state index contributed by atoms with van der Waals surface area (Å²) in [5, 5.41) is 2.18. The third kappa shape index (κ3) is 2.52. The Morgan fingerprint density at radius 3 is 2.16 bits per heavy atom. The Balaban J connectivity index is 1.49. The summed E-state index contributed by atoms with van der Waals surface area (Å²) in [6, 6.07) is 29.2.